The van der Waals surface area contributed by atoms with Gasteiger partial charge in [-0.2, -0.15) is 0 Å². The van der Waals surface area contributed by atoms with Gasteiger partial charge in [0.2, 0.25) is 0 Å². The number of rotatable bonds is 4. The zero-order valence-corrected chi connectivity index (χ0v) is 8.52. The molecular formula is C9H21N3. The average molecular weight is 171 g/mol. The van der Waals surface area contributed by atoms with Crippen molar-refractivity contribution < 1.29 is 0 Å². The van der Waals surface area contributed by atoms with Crippen molar-refractivity contribution in [3.63, 3.8) is 0 Å². The molecule has 0 spiro atoms. The van der Waals surface area contributed by atoms with E-state index in [1.807, 2.05) is 0 Å². The van der Waals surface area contributed by atoms with Gasteiger partial charge >= 0.3 is 0 Å². The maximum absolute atomic E-state index is 7.04. The lowest BCUT2D eigenvalue weighted by molar-refractivity contribution is 0.357. The van der Waals surface area contributed by atoms with E-state index in [4.69, 9.17) is 11.1 Å². The molecule has 0 saturated heterocycles. The number of hydrogen-bond acceptors (Lipinski definition) is 1. The Hall–Kier alpha value is -0.730. The van der Waals surface area contributed by atoms with Crippen molar-refractivity contribution in [1.82, 2.24) is 5.32 Å². The monoisotopic (exact) mass is 171 g/mol. The highest BCUT2D eigenvalue weighted by atomic mass is 15.1. The minimum absolute atomic E-state index is 0.0680. The summed E-state index contributed by atoms with van der Waals surface area (Å²) in [6.45, 7) is 8.71. The summed E-state index contributed by atoms with van der Waals surface area (Å²) in [5.41, 5.74) is 5.22. The van der Waals surface area contributed by atoms with Crippen LogP contribution in [0.4, 0.5) is 0 Å². The largest absolute Gasteiger partial charge is 0.370 e. The molecule has 4 N–H and O–H groups in total. The molecule has 0 amide bonds. The summed E-state index contributed by atoms with van der Waals surface area (Å²) in [7, 11) is 0. The SMILES string of the molecule is CC(CC(C)C(C)C)NC(=N)N. The number of guanidine groups is 1. The van der Waals surface area contributed by atoms with E-state index in [2.05, 4.69) is 33.0 Å². The molecule has 0 heterocycles. The van der Waals surface area contributed by atoms with Gasteiger partial charge in [-0.3, -0.25) is 5.41 Å². The topological polar surface area (TPSA) is 61.9 Å². The minimum Gasteiger partial charge on any atom is -0.370 e. The van der Waals surface area contributed by atoms with Gasteiger partial charge in [-0.1, -0.05) is 20.8 Å². The molecule has 72 valence electrons. The minimum atomic E-state index is 0.0680. The maximum atomic E-state index is 7.04. The third kappa shape index (κ3) is 4.99. The maximum Gasteiger partial charge on any atom is 0.185 e. The van der Waals surface area contributed by atoms with Gasteiger partial charge in [-0.15, -0.1) is 0 Å². The van der Waals surface area contributed by atoms with Gasteiger partial charge in [0.05, 0.1) is 0 Å². The molecule has 0 aromatic heterocycles. The lowest BCUT2D eigenvalue weighted by atomic mass is 9.92. The zero-order chi connectivity index (χ0) is 9.72. The fraction of sp³-hybridized carbons (Fsp3) is 0.889. The Morgan fingerprint density at radius 3 is 2.17 bits per heavy atom. The molecule has 0 aliphatic carbocycles. The quantitative estimate of drug-likeness (QED) is 0.444. The summed E-state index contributed by atoms with van der Waals surface area (Å²) >= 11 is 0. The van der Waals surface area contributed by atoms with Crippen molar-refractivity contribution in [3.05, 3.63) is 0 Å². The van der Waals surface area contributed by atoms with Crippen molar-refractivity contribution in [1.29, 1.82) is 5.41 Å². The van der Waals surface area contributed by atoms with Crippen LogP contribution in [0.1, 0.15) is 34.1 Å². The van der Waals surface area contributed by atoms with Crippen LogP contribution in [0.2, 0.25) is 0 Å². The molecule has 12 heavy (non-hydrogen) atoms. The predicted octanol–water partition coefficient (Wildman–Crippen LogP) is 1.54. The van der Waals surface area contributed by atoms with E-state index in [0.29, 0.717) is 17.9 Å². The highest BCUT2D eigenvalue weighted by molar-refractivity contribution is 5.74. The zero-order valence-electron chi connectivity index (χ0n) is 8.52. The van der Waals surface area contributed by atoms with Crippen molar-refractivity contribution in [2.24, 2.45) is 17.6 Å². The molecule has 0 aromatic carbocycles. The first-order chi connectivity index (χ1) is 5.43. The first-order valence-corrected chi connectivity index (χ1v) is 4.54. The Morgan fingerprint density at radius 1 is 1.33 bits per heavy atom. The van der Waals surface area contributed by atoms with Gasteiger partial charge < -0.3 is 11.1 Å². The van der Waals surface area contributed by atoms with E-state index in [-0.39, 0.29) is 5.96 Å². The van der Waals surface area contributed by atoms with E-state index < -0.39 is 0 Å². The molecule has 2 unspecified atom stereocenters. The molecule has 0 saturated carbocycles. The average Bonchev–Trinajstić information content (AvgIpc) is 1.84. The van der Waals surface area contributed by atoms with Crippen molar-refractivity contribution >= 4 is 5.96 Å². The Morgan fingerprint density at radius 2 is 1.83 bits per heavy atom. The van der Waals surface area contributed by atoms with Crippen LogP contribution in [0.5, 0.6) is 0 Å². The number of hydrogen-bond donors (Lipinski definition) is 3. The van der Waals surface area contributed by atoms with Gasteiger partial charge in [0, 0.05) is 6.04 Å². The summed E-state index contributed by atoms with van der Waals surface area (Å²) in [5.74, 6) is 1.44. The first-order valence-electron chi connectivity index (χ1n) is 4.54. The molecule has 3 nitrogen and oxygen atoms in total. The van der Waals surface area contributed by atoms with Crippen LogP contribution in [-0.2, 0) is 0 Å². The lowest BCUT2D eigenvalue weighted by Gasteiger charge is -2.21. The molecule has 0 bridgehead atoms. The molecule has 0 aliphatic rings. The molecule has 0 aliphatic heterocycles. The van der Waals surface area contributed by atoms with Gasteiger partial charge in [-0.05, 0) is 25.2 Å². The van der Waals surface area contributed by atoms with Crippen LogP contribution in [0.3, 0.4) is 0 Å². The van der Waals surface area contributed by atoms with E-state index in [1.54, 1.807) is 0 Å². The van der Waals surface area contributed by atoms with Crippen molar-refractivity contribution in [2.45, 2.75) is 40.2 Å². The smallest absolute Gasteiger partial charge is 0.185 e. The summed E-state index contributed by atoms with van der Waals surface area (Å²) in [5, 5.41) is 9.93. The van der Waals surface area contributed by atoms with Gasteiger partial charge in [0.1, 0.15) is 0 Å². The summed E-state index contributed by atoms with van der Waals surface area (Å²) in [6.07, 6.45) is 1.07. The fourth-order valence-electron chi connectivity index (χ4n) is 1.15. The van der Waals surface area contributed by atoms with Gasteiger partial charge in [-0.25, -0.2) is 0 Å². The molecule has 0 radical (unpaired) electrons. The third-order valence-corrected chi connectivity index (χ3v) is 2.27. The van der Waals surface area contributed by atoms with Crippen LogP contribution < -0.4 is 11.1 Å². The fourth-order valence-corrected chi connectivity index (χ4v) is 1.15. The van der Waals surface area contributed by atoms with Gasteiger partial charge in [0.25, 0.3) is 0 Å². The van der Waals surface area contributed by atoms with Crippen LogP contribution >= 0.6 is 0 Å². The standard InChI is InChI=1S/C9H21N3/c1-6(2)7(3)5-8(4)12-9(10)11/h6-8H,5H2,1-4H3,(H4,10,11,12). The third-order valence-electron chi connectivity index (χ3n) is 2.27. The Labute approximate surface area is 75.2 Å². The van der Waals surface area contributed by atoms with Crippen molar-refractivity contribution in [2.75, 3.05) is 0 Å². The lowest BCUT2D eigenvalue weighted by Crippen LogP contribution is -2.38. The predicted molar refractivity (Wildman–Crippen MR) is 53.1 cm³/mol. The molecular weight excluding hydrogens is 150 g/mol. The Balaban J connectivity index is 3.68. The molecule has 3 heteroatoms. The van der Waals surface area contributed by atoms with Gasteiger partial charge in [0.15, 0.2) is 5.96 Å². The molecule has 0 aromatic rings. The Kier molecular flexibility index (Phi) is 4.71. The summed E-state index contributed by atoms with van der Waals surface area (Å²) in [4.78, 5) is 0. The second-order valence-electron chi connectivity index (χ2n) is 3.92. The van der Waals surface area contributed by atoms with Crippen LogP contribution in [0, 0.1) is 17.2 Å². The summed E-state index contributed by atoms with van der Waals surface area (Å²) in [6, 6.07) is 0.305. The second kappa shape index (κ2) is 5.01. The Bertz CT molecular complexity index is 143. The first kappa shape index (κ1) is 11.3. The van der Waals surface area contributed by atoms with Crippen LogP contribution in [-0.4, -0.2) is 12.0 Å². The van der Waals surface area contributed by atoms with E-state index in [0.717, 1.165) is 6.42 Å². The van der Waals surface area contributed by atoms with E-state index >= 15 is 0 Å². The molecule has 0 rings (SSSR count). The highest BCUT2D eigenvalue weighted by Crippen LogP contribution is 2.15. The number of nitrogens with one attached hydrogen (secondary N) is 2. The van der Waals surface area contributed by atoms with E-state index in [9.17, 15) is 0 Å². The van der Waals surface area contributed by atoms with Crippen LogP contribution in [0.25, 0.3) is 0 Å². The molecule has 2 atom stereocenters. The van der Waals surface area contributed by atoms with E-state index in [1.165, 1.54) is 0 Å². The normalized spacial score (nSPS) is 15.8. The second-order valence-corrected chi connectivity index (χ2v) is 3.92. The molecule has 0 fully saturated rings. The highest BCUT2D eigenvalue weighted by Gasteiger charge is 2.11. The van der Waals surface area contributed by atoms with Crippen molar-refractivity contribution in [3.8, 4) is 0 Å². The summed E-state index contributed by atoms with van der Waals surface area (Å²) < 4.78 is 0. The number of nitrogens with two attached hydrogens (primary N) is 1. The van der Waals surface area contributed by atoms with Crippen LogP contribution in [0.15, 0.2) is 0 Å².